The van der Waals surface area contributed by atoms with Crippen molar-refractivity contribution in [3.05, 3.63) is 97.2 Å². The second-order valence-electron chi connectivity index (χ2n) is 14.8. The van der Waals surface area contributed by atoms with Gasteiger partial charge < -0.3 is 24.0 Å². The number of allylic oxidation sites excluding steroid dienone is 14. The molecule has 2 unspecified atom stereocenters. The molecule has 2 N–H and O–H groups in total. The summed E-state index contributed by atoms with van der Waals surface area (Å²) in [5.41, 5.74) is 0. The Kier molecular flexibility index (Phi) is 35.2. The lowest BCUT2D eigenvalue weighted by Gasteiger charge is -2.24. The second kappa shape index (κ2) is 37.2. The van der Waals surface area contributed by atoms with E-state index in [1.807, 2.05) is 57.6 Å². The van der Waals surface area contributed by atoms with Crippen molar-refractivity contribution < 1.29 is 47.2 Å². The van der Waals surface area contributed by atoms with Crippen molar-refractivity contribution in [1.82, 2.24) is 0 Å². The summed E-state index contributed by atoms with van der Waals surface area (Å²) in [7, 11) is 1.38. The number of likely N-dealkylation sites (N-methyl/N-ethyl adjacent to an activating group) is 1. The maximum absolute atomic E-state index is 12.7. The van der Waals surface area contributed by atoms with E-state index in [2.05, 4.69) is 68.5 Å². The third-order valence-electron chi connectivity index (χ3n) is 8.19. The average molecular weight is 819 g/mol. The Balaban J connectivity index is 4.59. The van der Waals surface area contributed by atoms with Crippen LogP contribution in [-0.2, 0) is 32.7 Å². The van der Waals surface area contributed by atoms with E-state index in [1.165, 1.54) is 0 Å². The van der Waals surface area contributed by atoms with Gasteiger partial charge in [-0.25, -0.2) is 4.57 Å². The van der Waals surface area contributed by atoms with Gasteiger partial charge in [0.25, 0.3) is 0 Å². The van der Waals surface area contributed by atoms with Crippen LogP contribution in [0.1, 0.15) is 123 Å². The van der Waals surface area contributed by atoms with E-state index in [1.54, 1.807) is 6.08 Å². The first-order valence-electron chi connectivity index (χ1n) is 21.1. The highest BCUT2D eigenvalue weighted by molar-refractivity contribution is 7.47. The lowest BCUT2D eigenvalue weighted by atomic mass is 10.1. The lowest BCUT2D eigenvalue weighted by molar-refractivity contribution is -0.870. The zero-order valence-electron chi connectivity index (χ0n) is 35.9. The number of unbranched alkanes of at least 4 members (excludes halogenated alkanes) is 6. The molecular weight excluding hydrogens is 741 g/mol. The van der Waals surface area contributed by atoms with Crippen molar-refractivity contribution in [3.8, 4) is 0 Å². The number of ether oxygens (including phenoxy) is 2. The predicted octanol–water partition coefficient (Wildman–Crippen LogP) is 10.8. The lowest BCUT2D eigenvalue weighted by Crippen LogP contribution is -2.37. The Morgan fingerprint density at radius 3 is 1.82 bits per heavy atom. The molecule has 0 heterocycles. The largest absolute Gasteiger partial charge is 0.472 e. The van der Waals surface area contributed by atoms with E-state index in [4.69, 9.17) is 18.5 Å². The minimum absolute atomic E-state index is 0.00325. The summed E-state index contributed by atoms with van der Waals surface area (Å²) in [5.74, 6) is -0.939. The van der Waals surface area contributed by atoms with Gasteiger partial charge in [-0.05, 0) is 77.0 Å². The van der Waals surface area contributed by atoms with Gasteiger partial charge in [0.2, 0.25) is 0 Å². The van der Waals surface area contributed by atoms with E-state index in [9.17, 15) is 24.2 Å². The number of nitrogens with zero attached hydrogens (tertiary/aromatic N) is 1. The van der Waals surface area contributed by atoms with Crippen molar-refractivity contribution in [2.75, 3.05) is 47.5 Å². The summed E-state index contributed by atoms with van der Waals surface area (Å²) in [4.78, 5) is 35.3. The second-order valence-corrected chi connectivity index (χ2v) is 16.3. The molecule has 0 aliphatic rings. The maximum atomic E-state index is 12.7. The molecule has 0 aliphatic heterocycles. The maximum Gasteiger partial charge on any atom is 0.472 e. The van der Waals surface area contributed by atoms with Gasteiger partial charge in [-0.1, -0.05) is 130 Å². The minimum atomic E-state index is -4.41. The molecule has 324 valence electrons. The Morgan fingerprint density at radius 2 is 1.18 bits per heavy atom. The summed E-state index contributed by atoms with van der Waals surface area (Å²) >= 11 is 0. The predicted molar refractivity (Wildman–Crippen MR) is 234 cm³/mol. The molecule has 0 rings (SSSR count). The molecular formula is C46H77NO9P+. The molecule has 0 spiro atoms. The Hall–Kier alpha value is -3.11. The molecule has 0 radical (unpaired) electrons. The van der Waals surface area contributed by atoms with Crippen molar-refractivity contribution >= 4 is 19.8 Å². The van der Waals surface area contributed by atoms with Crippen LogP contribution in [-0.4, -0.2) is 86.1 Å². The van der Waals surface area contributed by atoms with E-state index in [-0.39, 0.29) is 26.1 Å². The van der Waals surface area contributed by atoms with Crippen LogP contribution >= 0.6 is 7.82 Å². The Morgan fingerprint density at radius 1 is 0.632 bits per heavy atom. The Labute approximate surface area is 346 Å². The molecule has 0 aromatic carbocycles. The fourth-order valence-electron chi connectivity index (χ4n) is 4.91. The summed E-state index contributed by atoms with van der Waals surface area (Å²) in [5, 5.41) is 10.0. The number of quaternary nitrogens is 1. The first kappa shape index (κ1) is 53.9. The molecule has 0 saturated heterocycles. The average Bonchev–Trinajstić information content (AvgIpc) is 3.15. The standard InChI is InChI=1S/C46H76NO9P/c1-6-8-10-12-14-15-16-17-18-19-20-21-26-30-34-38-46(50)56-44(42-55-57(51,52)54-40-39-47(3,4)5)41-53-45(49)37-33-29-25-23-22-24-28-32-36-43(48)35-31-27-13-11-9-7-2/h8-11,14-15,17-18,23-25,27-28,31-32,36,43-44,48H,6-7,12-13,16,19-22,26,29-30,33-35,37-42H2,1-5H3/p+1/b10-8-,11-9-,15-14-,18-17-,25-23-,28-24-,31-27-,36-32+/t43?,44-/m1/s1. The van der Waals surface area contributed by atoms with Crippen molar-refractivity contribution in [1.29, 1.82) is 0 Å². The number of phosphoric ester groups is 1. The number of carbonyl (C=O) groups is 2. The summed E-state index contributed by atoms with van der Waals surface area (Å²) < 4.78 is 34.1. The highest BCUT2D eigenvalue weighted by Crippen LogP contribution is 2.43. The van der Waals surface area contributed by atoms with Crippen LogP contribution in [0.15, 0.2) is 97.2 Å². The first-order chi connectivity index (χ1) is 27.4. The fourth-order valence-corrected chi connectivity index (χ4v) is 5.65. The number of aliphatic hydroxyl groups excluding tert-OH is 1. The van der Waals surface area contributed by atoms with Crippen molar-refractivity contribution in [2.45, 2.75) is 135 Å². The van der Waals surface area contributed by atoms with Crippen LogP contribution in [0, 0.1) is 0 Å². The third kappa shape index (κ3) is 40.9. The van der Waals surface area contributed by atoms with Gasteiger partial charge in [0.05, 0.1) is 33.9 Å². The van der Waals surface area contributed by atoms with E-state index in [0.717, 1.165) is 70.6 Å². The van der Waals surface area contributed by atoms with Gasteiger partial charge in [0, 0.05) is 12.8 Å². The van der Waals surface area contributed by atoms with Crippen molar-refractivity contribution in [2.24, 2.45) is 0 Å². The van der Waals surface area contributed by atoms with Gasteiger partial charge in [-0.3, -0.25) is 18.6 Å². The number of carbonyl (C=O) groups excluding carboxylic acids is 2. The summed E-state index contributed by atoms with van der Waals surface area (Å²) in [6.07, 6.45) is 44.9. The topological polar surface area (TPSA) is 129 Å². The van der Waals surface area contributed by atoms with Crippen LogP contribution < -0.4 is 0 Å². The van der Waals surface area contributed by atoms with E-state index in [0.29, 0.717) is 36.7 Å². The molecule has 0 amide bonds. The third-order valence-corrected chi connectivity index (χ3v) is 9.17. The normalized spacial score (nSPS) is 15.1. The Bertz CT molecular complexity index is 1310. The number of esters is 2. The van der Waals surface area contributed by atoms with Crippen LogP contribution in [0.4, 0.5) is 0 Å². The highest BCUT2D eigenvalue weighted by Gasteiger charge is 2.27. The summed E-state index contributed by atoms with van der Waals surface area (Å²) in [6, 6.07) is 0. The number of hydrogen-bond donors (Lipinski definition) is 2. The fraction of sp³-hybridized carbons (Fsp3) is 0.609. The molecule has 0 fully saturated rings. The number of phosphoric acid groups is 1. The molecule has 0 saturated carbocycles. The van der Waals surface area contributed by atoms with Gasteiger partial charge in [0.15, 0.2) is 6.10 Å². The smallest absolute Gasteiger partial charge is 0.462 e. The molecule has 0 aromatic heterocycles. The van der Waals surface area contributed by atoms with Gasteiger partial charge >= 0.3 is 19.8 Å². The molecule has 11 heteroatoms. The van der Waals surface area contributed by atoms with Crippen molar-refractivity contribution in [3.63, 3.8) is 0 Å². The molecule has 0 aliphatic carbocycles. The van der Waals surface area contributed by atoms with E-state index >= 15 is 0 Å². The number of rotatable bonds is 36. The number of aliphatic hydroxyl groups is 1. The van der Waals surface area contributed by atoms with Crippen LogP contribution in [0.2, 0.25) is 0 Å². The number of hydrogen-bond acceptors (Lipinski definition) is 8. The molecule has 10 nitrogen and oxygen atoms in total. The molecule has 57 heavy (non-hydrogen) atoms. The van der Waals surface area contributed by atoms with Crippen LogP contribution in [0.25, 0.3) is 0 Å². The minimum Gasteiger partial charge on any atom is -0.462 e. The monoisotopic (exact) mass is 819 g/mol. The highest BCUT2D eigenvalue weighted by atomic mass is 31.2. The van der Waals surface area contributed by atoms with Crippen LogP contribution in [0.3, 0.4) is 0 Å². The van der Waals surface area contributed by atoms with Gasteiger partial charge in [0.1, 0.15) is 19.8 Å². The molecule has 0 aromatic rings. The van der Waals surface area contributed by atoms with Gasteiger partial charge in [-0.15, -0.1) is 0 Å². The zero-order valence-corrected chi connectivity index (χ0v) is 36.8. The summed E-state index contributed by atoms with van der Waals surface area (Å²) in [6.45, 7) is 3.98. The molecule has 0 bridgehead atoms. The zero-order chi connectivity index (χ0) is 42.3. The van der Waals surface area contributed by atoms with Crippen LogP contribution in [0.5, 0.6) is 0 Å². The quantitative estimate of drug-likeness (QED) is 0.0159. The van der Waals surface area contributed by atoms with E-state index < -0.39 is 38.6 Å². The SMILES string of the molecule is CC/C=C\C/C=C\C/C=C\CCCCCCCC(=O)O[C@H](COC(=O)CCC/C=C\C/C=C\C=C\C(O)C/C=C\C/C=C\CC)COP(=O)(O)OCC[N+](C)(C)C. The first-order valence-corrected chi connectivity index (χ1v) is 22.6. The van der Waals surface area contributed by atoms with Gasteiger partial charge in [-0.2, -0.15) is 0 Å². The molecule has 3 atom stereocenters.